The third-order valence-corrected chi connectivity index (χ3v) is 3.20. The molecule has 0 unspecified atom stereocenters. The largest absolute Gasteiger partial charge is 0.388 e. The fourth-order valence-corrected chi connectivity index (χ4v) is 1.82. The van der Waals surface area contributed by atoms with Crippen molar-refractivity contribution in [2.75, 3.05) is 5.32 Å². The van der Waals surface area contributed by atoms with Crippen molar-refractivity contribution in [3.8, 4) is 0 Å². The zero-order valence-electron chi connectivity index (χ0n) is 9.05. The number of benzene rings is 1. The van der Waals surface area contributed by atoms with Gasteiger partial charge in [-0.15, -0.1) is 0 Å². The molecular formula is C12H16FNO. The Hall–Kier alpha value is -1.09. The van der Waals surface area contributed by atoms with Gasteiger partial charge in [-0.2, -0.15) is 0 Å². The molecule has 0 radical (unpaired) electrons. The predicted molar refractivity (Wildman–Crippen MR) is 58.4 cm³/mol. The van der Waals surface area contributed by atoms with Crippen molar-refractivity contribution in [2.45, 2.75) is 38.3 Å². The van der Waals surface area contributed by atoms with E-state index in [2.05, 4.69) is 5.32 Å². The van der Waals surface area contributed by atoms with E-state index in [0.29, 0.717) is 5.56 Å². The fraction of sp³-hybridized carbons (Fsp3) is 0.500. The van der Waals surface area contributed by atoms with Gasteiger partial charge < -0.3 is 10.4 Å². The molecule has 0 saturated heterocycles. The normalized spacial score (nSPS) is 29.7. The van der Waals surface area contributed by atoms with E-state index in [9.17, 15) is 9.50 Å². The van der Waals surface area contributed by atoms with Gasteiger partial charge in [0.05, 0.1) is 11.6 Å². The summed E-state index contributed by atoms with van der Waals surface area (Å²) in [6.07, 6.45) is 1.74. The summed E-state index contributed by atoms with van der Waals surface area (Å²) in [4.78, 5) is 0. The quantitative estimate of drug-likeness (QED) is 0.784. The first-order valence-corrected chi connectivity index (χ1v) is 5.24. The van der Waals surface area contributed by atoms with E-state index >= 15 is 0 Å². The smallest absolute Gasteiger partial charge is 0.128 e. The lowest BCUT2D eigenvalue weighted by molar-refractivity contribution is -0.0286. The lowest BCUT2D eigenvalue weighted by Gasteiger charge is -2.43. The van der Waals surface area contributed by atoms with E-state index in [-0.39, 0.29) is 11.9 Å². The van der Waals surface area contributed by atoms with Crippen LogP contribution < -0.4 is 5.32 Å². The highest BCUT2D eigenvalue weighted by molar-refractivity contribution is 5.47. The van der Waals surface area contributed by atoms with Gasteiger partial charge in [0.2, 0.25) is 0 Å². The highest BCUT2D eigenvalue weighted by Crippen LogP contribution is 2.34. The van der Waals surface area contributed by atoms with Crippen molar-refractivity contribution in [3.63, 3.8) is 0 Å². The second-order valence-corrected chi connectivity index (χ2v) is 4.56. The molecule has 0 aromatic heterocycles. The van der Waals surface area contributed by atoms with Crippen LogP contribution in [-0.4, -0.2) is 16.7 Å². The number of halogens is 1. The van der Waals surface area contributed by atoms with Crippen LogP contribution in [0.5, 0.6) is 0 Å². The first kappa shape index (κ1) is 10.4. The zero-order chi connectivity index (χ0) is 11.1. The molecule has 0 amide bonds. The van der Waals surface area contributed by atoms with Crippen LogP contribution in [0.4, 0.5) is 10.1 Å². The summed E-state index contributed by atoms with van der Waals surface area (Å²) in [6, 6.07) is 5.10. The standard InChI is InChI=1S/C12H16FNO/c1-8-3-4-9(7-10(8)13)14-11-5-6-12(11,2)15/h3-4,7,11,14-15H,5-6H2,1-2H3/t11-,12-/m0/s1. The topological polar surface area (TPSA) is 32.3 Å². The zero-order valence-corrected chi connectivity index (χ0v) is 9.05. The van der Waals surface area contributed by atoms with Crippen LogP contribution in [0.15, 0.2) is 18.2 Å². The molecule has 1 aliphatic carbocycles. The number of nitrogens with one attached hydrogen (secondary N) is 1. The lowest BCUT2D eigenvalue weighted by Crippen LogP contribution is -2.53. The Morgan fingerprint density at radius 1 is 1.53 bits per heavy atom. The van der Waals surface area contributed by atoms with E-state index in [1.165, 1.54) is 6.07 Å². The van der Waals surface area contributed by atoms with Gasteiger partial charge in [-0.05, 0) is 44.4 Å². The molecule has 1 aromatic carbocycles. The minimum Gasteiger partial charge on any atom is -0.388 e. The summed E-state index contributed by atoms with van der Waals surface area (Å²) in [5, 5.41) is 12.9. The van der Waals surface area contributed by atoms with Crippen LogP contribution in [0.25, 0.3) is 0 Å². The van der Waals surface area contributed by atoms with Crippen molar-refractivity contribution < 1.29 is 9.50 Å². The van der Waals surface area contributed by atoms with E-state index in [1.807, 2.05) is 6.07 Å². The Labute approximate surface area is 89.1 Å². The first-order chi connectivity index (χ1) is 6.99. The lowest BCUT2D eigenvalue weighted by atomic mass is 9.76. The summed E-state index contributed by atoms with van der Waals surface area (Å²) < 4.78 is 13.2. The van der Waals surface area contributed by atoms with Gasteiger partial charge in [-0.1, -0.05) is 6.07 Å². The van der Waals surface area contributed by atoms with Gasteiger partial charge in [-0.3, -0.25) is 0 Å². The first-order valence-electron chi connectivity index (χ1n) is 5.24. The Balaban J connectivity index is 2.08. The third kappa shape index (κ3) is 1.97. The van der Waals surface area contributed by atoms with Gasteiger partial charge in [0.1, 0.15) is 5.82 Å². The van der Waals surface area contributed by atoms with E-state index < -0.39 is 5.60 Å². The third-order valence-electron chi connectivity index (χ3n) is 3.20. The van der Waals surface area contributed by atoms with Crippen LogP contribution in [0, 0.1) is 12.7 Å². The molecule has 3 heteroatoms. The highest BCUT2D eigenvalue weighted by atomic mass is 19.1. The van der Waals surface area contributed by atoms with Gasteiger partial charge in [0.15, 0.2) is 0 Å². The SMILES string of the molecule is Cc1ccc(N[C@H]2CC[C@]2(C)O)cc1F. The summed E-state index contributed by atoms with van der Waals surface area (Å²) in [7, 11) is 0. The molecule has 2 N–H and O–H groups in total. The number of rotatable bonds is 2. The molecule has 2 nitrogen and oxygen atoms in total. The number of anilines is 1. The minimum absolute atomic E-state index is 0.0413. The van der Waals surface area contributed by atoms with Crippen molar-refractivity contribution in [3.05, 3.63) is 29.6 Å². The fourth-order valence-electron chi connectivity index (χ4n) is 1.82. The number of aryl methyl sites for hydroxylation is 1. The Morgan fingerprint density at radius 2 is 2.27 bits per heavy atom. The molecule has 1 aromatic rings. The van der Waals surface area contributed by atoms with Crippen LogP contribution >= 0.6 is 0 Å². The average Bonchev–Trinajstić information content (AvgIpc) is 2.18. The molecule has 1 aliphatic rings. The molecule has 2 rings (SSSR count). The maximum atomic E-state index is 13.2. The van der Waals surface area contributed by atoms with Crippen LogP contribution in [-0.2, 0) is 0 Å². The molecule has 15 heavy (non-hydrogen) atoms. The van der Waals surface area contributed by atoms with E-state index in [0.717, 1.165) is 18.5 Å². The van der Waals surface area contributed by atoms with Crippen molar-refractivity contribution in [1.29, 1.82) is 0 Å². The van der Waals surface area contributed by atoms with Crippen molar-refractivity contribution >= 4 is 5.69 Å². The number of hydrogen-bond donors (Lipinski definition) is 2. The van der Waals surface area contributed by atoms with Gasteiger partial charge in [0, 0.05) is 5.69 Å². The average molecular weight is 209 g/mol. The molecule has 1 saturated carbocycles. The molecule has 0 spiro atoms. The van der Waals surface area contributed by atoms with Crippen molar-refractivity contribution in [1.82, 2.24) is 0 Å². The molecular weight excluding hydrogens is 193 g/mol. The minimum atomic E-state index is -0.651. The monoisotopic (exact) mass is 209 g/mol. The van der Waals surface area contributed by atoms with Gasteiger partial charge in [0.25, 0.3) is 0 Å². The van der Waals surface area contributed by atoms with E-state index in [1.54, 1.807) is 19.9 Å². The molecule has 0 aliphatic heterocycles. The summed E-state index contributed by atoms with van der Waals surface area (Å²) in [6.45, 7) is 3.54. The van der Waals surface area contributed by atoms with Gasteiger partial charge in [-0.25, -0.2) is 4.39 Å². The maximum absolute atomic E-state index is 13.2. The molecule has 82 valence electrons. The van der Waals surface area contributed by atoms with Crippen LogP contribution in [0.3, 0.4) is 0 Å². The Bertz CT molecular complexity index is 376. The predicted octanol–water partition coefficient (Wildman–Crippen LogP) is 2.46. The molecule has 0 bridgehead atoms. The Kier molecular flexibility index (Phi) is 2.43. The Morgan fingerprint density at radius 3 is 2.73 bits per heavy atom. The molecule has 1 fully saturated rings. The molecule has 0 heterocycles. The van der Waals surface area contributed by atoms with Crippen LogP contribution in [0.1, 0.15) is 25.3 Å². The number of aliphatic hydroxyl groups is 1. The second kappa shape index (κ2) is 3.49. The second-order valence-electron chi connectivity index (χ2n) is 4.56. The van der Waals surface area contributed by atoms with Gasteiger partial charge >= 0.3 is 0 Å². The van der Waals surface area contributed by atoms with Crippen LogP contribution in [0.2, 0.25) is 0 Å². The summed E-state index contributed by atoms with van der Waals surface area (Å²) in [5.74, 6) is -0.209. The number of hydrogen-bond acceptors (Lipinski definition) is 2. The van der Waals surface area contributed by atoms with E-state index in [4.69, 9.17) is 0 Å². The maximum Gasteiger partial charge on any atom is 0.128 e. The summed E-state index contributed by atoms with van der Waals surface area (Å²) in [5.41, 5.74) is 0.727. The van der Waals surface area contributed by atoms with Crippen molar-refractivity contribution in [2.24, 2.45) is 0 Å². The summed E-state index contributed by atoms with van der Waals surface area (Å²) >= 11 is 0. The molecule has 2 atom stereocenters. The highest BCUT2D eigenvalue weighted by Gasteiger charge is 2.40.